The van der Waals surface area contributed by atoms with E-state index in [1.54, 1.807) is 4.90 Å². The first-order chi connectivity index (χ1) is 15.9. The summed E-state index contributed by atoms with van der Waals surface area (Å²) >= 11 is 0. The first-order valence-corrected chi connectivity index (χ1v) is 11.3. The normalized spacial score (nSPS) is 16.5. The Hall–Kier alpha value is -3.15. The fraction of sp³-hybridized carbons (Fsp3) is 0.500. The van der Waals surface area contributed by atoms with E-state index in [0.29, 0.717) is 37.2 Å². The number of rotatable bonds is 2. The molecule has 1 aliphatic rings. The summed E-state index contributed by atoms with van der Waals surface area (Å²) in [6, 6.07) is 3.74. The number of aromatic amines is 1. The fourth-order valence-corrected chi connectivity index (χ4v) is 3.83. The molecule has 0 atom stereocenters. The zero-order valence-electron chi connectivity index (χ0n) is 19.0. The molecule has 0 aliphatic carbocycles. The number of nitrogens with zero attached hydrogens (tertiary/aromatic N) is 4. The first kappa shape index (κ1) is 23.0. The second-order valence-corrected chi connectivity index (χ2v) is 8.30. The van der Waals surface area contributed by atoms with Crippen molar-refractivity contribution in [2.75, 3.05) is 52.4 Å². The maximum absolute atomic E-state index is 13.1. The van der Waals surface area contributed by atoms with Gasteiger partial charge in [0.25, 0.3) is 5.56 Å². The lowest BCUT2D eigenvalue weighted by Gasteiger charge is -2.24. The smallest absolute Gasteiger partial charge is 0.330 e. The summed E-state index contributed by atoms with van der Waals surface area (Å²) in [6.07, 6.45) is 0. The highest BCUT2D eigenvalue weighted by molar-refractivity contribution is 5.85. The molecular formula is C22H30N8O3. The van der Waals surface area contributed by atoms with E-state index in [2.05, 4.69) is 30.9 Å². The molecule has 0 spiro atoms. The summed E-state index contributed by atoms with van der Waals surface area (Å²) < 4.78 is 0.910. The minimum absolute atomic E-state index is 0.0441. The molecule has 0 radical (unpaired) electrons. The van der Waals surface area contributed by atoms with Crippen molar-refractivity contribution in [3.8, 4) is 0 Å². The summed E-state index contributed by atoms with van der Waals surface area (Å²) in [5.74, 6) is -0.291. The van der Waals surface area contributed by atoms with Crippen LogP contribution in [0.25, 0.3) is 22.2 Å². The summed E-state index contributed by atoms with van der Waals surface area (Å²) in [5.41, 5.74) is 2.13. The van der Waals surface area contributed by atoms with Crippen LogP contribution in [0.3, 0.4) is 0 Å². The van der Waals surface area contributed by atoms with E-state index >= 15 is 0 Å². The van der Waals surface area contributed by atoms with Crippen LogP contribution in [-0.2, 0) is 11.3 Å². The highest BCUT2D eigenvalue weighted by Crippen LogP contribution is 2.17. The van der Waals surface area contributed by atoms with Gasteiger partial charge in [0, 0.05) is 52.4 Å². The second kappa shape index (κ2) is 10.2. The fourth-order valence-electron chi connectivity index (χ4n) is 3.83. The molecule has 2 aromatic heterocycles. The van der Waals surface area contributed by atoms with Crippen molar-refractivity contribution in [3.63, 3.8) is 0 Å². The number of aromatic nitrogens is 4. The average Bonchev–Trinajstić information content (AvgIpc) is 2.77. The number of fused-ring (bicyclic) bond motifs is 2. The third-order valence-electron chi connectivity index (χ3n) is 5.92. The molecule has 4 N–H and O–H groups in total. The Bertz CT molecular complexity index is 1270. The number of hydrogen-bond acceptors (Lipinski definition) is 8. The summed E-state index contributed by atoms with van der Waals surface area (Å²) in [7, 11) is 0. The molecule has 4 rings (SSSR count). The van der Waals surface area contributed by atoms with Crippen molar-refractivity contribution in [1.29, 1.82) is 0 Å². The number of carbonyl (C=O) groups excluding carboxylic acids is 1. The minimum atomic E-state index is -0.671. The Morgan fingerprint density at radius 1 is 0.879 bits per heavy atom. The van der Waals surface area contributed by atoms with Crippen molar-refractivity contribution in [2.24, 2.45) is 0 Å². The third kappa shape index (κ3) is 5.27. The second-order valence-electron chi connectivity index (χ2n) is 8.30. The van der Waals surface area contributed by atoms with Gasteiger partial charge in [0.2, 0.25) is 5.91 Å². The Morgan fingerprint density at radius 2 is 1.42 bits per heavy atom. The lowest BCUT2D eigenvalue weighted by molar-refractivity contribution is -0.131. The molecule has 11 heteroatoms. The van der Waals surface area contributed by atoms with Gasteiger partial charge < -0.3 is 20.9 Å². The average molecular weight is 455 g/mol. The molecule has 0 saturated carbocycles. The number of hydrogen-bond donors (Lipinski definition) is 4. The number of benzene rings is 1. The summed E-state index contributed by atoms with van der Waals surface area (Å²) in [4.78, 5) is 52.0. The lowest BCUT2D eigenvalue weighted by Crippen LogP contribution is -2.47. The number of carbonyl (C=O) groups is 1. The van der Waals surface area contributed by atoms with Crippen LogP contribution in [0, 0.1) is 13.8 Å². The van der Waals surface area contributed by atoms with E-state index in [1.807, 2.05) is 26.0 Å². The highest BCUT2D eigenvalue weighted by atomic mass is 16.2. The molecule has 1 aliphatic heterocycles. The largest absolute Gasteiger partial charge is 0.339 e. The summed E-state index contributed by atoms with van der Waals surface area (Å²) in [6.45, 7) is 9.13. The van der Waals surface area contributed by atoms with Crippen LogP contribution in [0.2, 0.25) is 0 Å². The van der Waals surface area contributed by atoms with Gasteiger partial charge in [0.1, 0.15) is 6.54 Å². The summed E-state index contributed by atoms with van der Waals surface area (Å²) in [5, 5.41) is 9.91. The predicted molar refractivity (Wildman–Crippen MR) is 127 cm³/mol. The van der Waals surface area contributed by atoms with Gasteiger partial charge >= 0.3 is 5.69 Å². The van der Waals surface area contributed by atoms with Crippen molar-refractivity contribution >= 4 is 28.1 Å². The lowest BCUT2D eigenvalue weighted by atomic mass is 10.1. The monoisotopic (exact) mass is 454 g/mol. The molecule has 3 aromatic rings. The van der Waals surface area contributed by atoms with Crippen LogP contribution < -0.4 is 27.2 Å². The highest BCUT2D eigenvalue weighted by Gasteiger charge is 2.18. The van der Waals surface area contributed by atoms with E-state index in [-0.39, 0.29) is 23.6 Å². The predicted octanol–water partition coefficient (Wildman–Crippen LogP) is -1.14. The van der Waals surface area contributed by atoms with Crippen molar-refractivity contribution in [1.82, 2.24) is 40.4 Å². The van der Waals surface area contributed by atoms with Gasteiger partial charge in [-0.1, -0.05) is 0 Å². The van der Waals surface area contributed by atoms with Crippen LogP contribution in [0.5, 0.6) is 0 Å². The molecule has 3 heterocycles. The molecule has 0 unspecified atom stereocenters. The molecule has 11 nitrogen and oxygen atoms in total. The van der Waals surface area contributed by atoms with E-state index in [9.17, 15) is 14.4 Å². The van der Waals surface area contributed by atoms with E-state index in [0.717, 1.165) is 41.9 Å². The topological polar surface area (TPSA) is 137 Å². The van der Waals surface area contributed by atoms with Gasteiger partial charge in [-0.2, -0.15) is 0 Å². The van der Waals surface area contributed by atoms with Crippen LogP contribution in [0.1, 0.15) is 11.1 Å². The van der Waals surface area contributed by atoms with Crippen molar-refractivity contribution < 1.29 is 4.79 Å². The molecule has 33 heavy (non-hydrogen) atoms. The SMILES string of the molecule is Cc1cc2nc3[nH]c(=O)n(CC(=O)N4CCNCCNCCNCC4)c(=O)c3nc2cc1C. The number of aryl methyl sites for hydroxylation is 2. The van der Waals surface area contributed by atoms with Gasteiger partial charge in [0.05, 0.1) is 11.0 Å². The van der Waals surface area contributed by atoms with Gasteiger partial charge in [-0.25, -0.2) is 19.3 Å². The molecule has 1 fully saturated rings. The minimum Gasteiger partial charge on any atom is -0.339 e. The van der Waals surface area contributed by atoms with Gasteiger partial charge in [0.15, 0.2) is 11.2 Å². The Morgan fingerprint density at radius 3 is 2.03 bits per heavy atom. The van der Waals surface area contributed by atoms with Gasteiger partial charge in [-0.05, 0) is 37.1 Å². The van der Waals surface area contributed by atoms with E-state index < -0.39 is 11.2 Å². The Labute approximate surface area is 190 Å². The molecule has 0 bridgehead atoms. The standard InChI is InChI=1S/C22H30N8O3/c1-14-11-16-17(12-15(14)2)27-20-19(26-16)21(32)30(22(33)28-20)13-18(31)29-9-7-24-5-3-23-4-6-25-8-10-29/h11-12,23-25H,3-10,13H2,1-2H3,(H,27,28,33). The van der Waals surface area contributed by atoms with Gasteiger partial charge in [-0.15, -0.1) is 0 Å². The van der Waals surface area contributed by atoms with E-state index in [1.165, 1.54) is 0 Å². The molecular weight excluding hydrogens is 424 g/mol. The molecule has 1 amide bonds. The Balaban J connectivity index is 1.61. The quantitative estimate of drug-likeness (QED) is 0.357. The number of amides is 1. The zero-order valence-corrected chi connectivity index (χ0v) is 19.0. The zero-order chi connectivity index (χ0) is 23.4. The maximum Gasteiger partial charge on any atom is 0.330 e. The van der Waals surface area contributed by atoms with E-state index in [4.69, 9.17) is 0 Å². The number of H-pyrrole nitrogens is 1. The number of nitrogens with one attached hydrogen (secondary N) is 4. The van der Waals surface area contributed by atoms with Crippen LogP contribution in [-0.4, -0.2) is 82.7 Å². The maximum atomic E-state index is 13.1. The molecule has 176 valence electrons. The third-order valence-corrected chi connectivity index (χ3v) is 5.92. The van der Waals surface area contributed by atoms with Crippen molar-refractivity contribution in [3.05, 3.63) is 44.1 Å². The van der Waals surface area contributed by atoms with Crippen LogP contribution >= 0.6 is 0 Å². The first-order valence-electron chi connectivity index (χ1n) is 11.3. The van der Waals surface area contributed by atoms with Crippen molar-refractivity contribution in [2.45, 2.75) is 20.4 Å². The van der Waals surface area contributed by atoms with Gasteiger partial charge in [-0.3, -0.25) is 14.6 Å². The molecule has 1 saturated heterocycles. The van der Waals surface area contributed by atoms with Crippen LogP contribution in [0.4, 0.5) is 0 Å². The Kier molecular flexibility index (Phi) is 7.11. The van der Waals surface area contributed by atoms with Crippen LogP contribution in [0.15, 0.2) is 21.7 Å². The molecule has 1 aromatic carbocycles.